The van der Waals surface area contributed by atoms with Crippen LogP contribution in [0.25, 0.3) is 11.3 Å². The van der Waals surface area contributed by atoms with Crippen LogP contribution >= 0.6 is 23.1 Å². The number of benzene rings is 2. The second-order valence-corrected chi connectivity index (χ2v) is 8.13. The van der Waals surface area contributed by atoms with Crippen molar-refractivity contribution in [3.8, 4) is 28.1 Å². The molecule has 2 aromatic carbocycles. The summed E-state index contributed by atoms with van der Waals surface area (Å²) in [5, 5.41) is 10.4. The molecule has 0 aliphatic rings. The topological polar surface area (TPSA) is 61.5 Å². The van der Waals surface area contributed by atoms with Gasteiger partial charge in [-0.2, -0.15) is 9.64 Å². The lowest BCUT2D eigenvalue weighted by Crippen LogP contribution is -2.24. The molecule has 0 atom stereocenters. The van der Waals surface area contributed by atoms with Gasteiger partial charge < -0.3 is 9.64 Å². The van der Waals surface area contributed by atoms with Gasteiger partial charge >= 0.3 is 0 Å². The van der Waals surface area contributed by atoms with Gasteiger partial charge in [0.2, 0.25) is 5.06 Å². The van der Waals surface area contributed by atoms with E-state index >= 15 is 0 Å². The predicted octanol–water partition coefficient (Wildman–Crippen LogP) is 6.58. The monoisotopic (exact) mass is 442 g/mol. The van der Waals surface area contributed by atoms with Crippen LogP contribution in [0.15, 0.2) is 41.4 Å². The van der Waals surface area contributed by atoms with Crippen LogP contribution < -0.4 is 4.74 Å². The Labute approximate surface area is 184 Å². The SMILES string of the molecule is Cc1cc(N=CN(C)C(C)C)c(Cl)cc1Oc1snc(-c2cccc(F)c2)c1C#N. The van der Waals surface area contributed by atoms with Crippen LogP contribution in [0.1, 0.15) is 25.0 Å². The second kappa shape index (κ2) is 9.24. The van der Waals surface area contributed by atoms with E-state index in [0.717, 1.165) is 17.1 Å². The Bertz CT molecular complexity index is 1140. The number of aliphatic imine (C=N–C) groups is 1. The number of aromatic nitrogens is 1. The highest BCUT2D eigenvalue weighted by Gasteiger charge is 2.19. The van der Waals surface area contributed by atoms with Crippen LogP contribution in [0.2, 0.25) is 5.02 Å². The zero-order valence-electron chi connectivity index (χ0n) is 17.0. The van der Waals surface area contributed by atoms with E-state index in [1.165, 1.54) is 12.1 Å². The van der Waals surface area contributed by atoms with Crippen molar-refractivity contribution in [1.29, 1.82) is 5.26 Å². The van der Waals surface area contributed by atoms with Gasteiger partial charge in [0.15, 0.2) is 0 Å². The Balaban J connectivity index is 1.90. The third kappa shape index (κ3) is 4.78. The van der Waals surface area contributed by atoms with Gasteiger partial charge in [0.25, 0.3) is 0 Å². The standard InChI is InChI=1S/C22H20ClFN4OS/c1-13(2)28(4)12-26-19-8-14(3)20(10-18(19)23)29-22-17(11-25)21(27-30-22)15-6-5-7-16(24)9-15/h5-10,12-13H,1-4H3. The van der Waals surface area contributed by atoms with E-state index in [1.807, 2.05) is 24.9 Å². The molecular weight excluding hydrogens is 423 g/mol. The maximum Gasteiger partial charge on any atom is 0.218 e. The number of nitriles is 1. The smallest absolute Gasteiger partial charge is 0.218 e. The molecule has 8 heteroatoms. The largest absolute Gasteiger partial charge is 0.443 e. The zero-order valence-corrected chi connectivity index (χ0v) is 18.6. The Hall–Kier alpha value is -2.95. The first-order valence-electron chi connectivity index (χ1n) is 9.20. The van der Waals surface area contributed by atoms with Crippen molar-refractivity contribution in [2.45, 2.75) is 26.8 Å². The summed E-state index contributed by atoms with van der Waals surface area (Å²) in [5.74, 6) is 0.107. The van der Waals surface area contributed by atoms with Crippen LogP contribution in [-0.2, 0) is 0 Å². The predicted molar refractivity (Wildman–Crippen MR) is 120 cm³/mol. The molecule has 154 valence electrons. The maximum absolute atomic E-state index is 13.6. The Morgan fingerprint density at radius 1 is 1.33 bits per heavy atom. The third-order valence-corrected chi connectivity index (χ3v) is 5.54. The Kier molecular flexibility index (Phi) is 6.70. The second-order valence-electron chi connectivity index (χ2n) is 6.99. The number of hydrogen-bond donors (Lipinski definition) is 0. The quantitative estimate of drug-likeness (QED) is 0.319. The molecule has 0 saturated heterocycles. The fourth-order valence-corrected chi connectivity index (χ4v) is 3.45. The highest BCUT2D eigenvalue weighted by molar-refractivity contribution is 7.08. The first-order chi connectivity index (χ1) is 14.3. The Morgan fingerprint density at radius 3 is 2.77 bits per heavy atom. The van der Waals surface area contributed by atoms with E-state index in [0.29, 0.717) is 38.8 Å². The summed E-state index contributed by atoms with van der Waals surface area (Å²) >= 11 is 7.43. The molecule has 0 N–H and O–H groups in total. The molecule has 0 aliphatic carbocycles. The van der Waals surface area contributed by atoms with E-state index in [9.17, 15) is 9.65 Å². The summed E-state index contributed by atoms with van der Waals surface area (Å²) < 4.78 is 23.8. The molecule has 0 saturated carbocycles. The van der Waals surface area contributed by atoms with Crippen LogP contribution in [0.3, 0.4) is 0 Å². The lowest BCUT2D eigenvalue weighted by atomic mass is 10.1. The van der Waals surface area contributed by atoms with Crippen LogP contribution in [0, 0.1) is 24.1 Å². The number of ether oxygens (including phenoxy) is 1. The van der Waals surface area contributed by atoms with Gasteiger partial charge in [-0.3, -0.25) is 0 Å². The minimum atomic E-state index is -0.395. The summed E-state index contributed by atoms with van der Waals surface area (Å²) in [6.45, 7) is 6.00. The third-order valence-electron chi connectivity index (χ3n) is 4.51. The summed E-state index contributed by atoms with van der Waals surface area (Å²) in [5.41, 5.74) is 2.59. The molecule has 0 bridgehead atoms. The summed E-state index contributed by atoms with van der Waals surface area (Å²) in [6.07, 6.45) is 1.73. The van der Waals surface area contributed by atoms with Crippen LogP contribution in [0.5, 0.6) is 10.8 Å². The van der Waals surface area contributed by atoms with Crippen molar-refractivity contribution in [2.24, 2.45) is 4.99 Å². The molecule has 0 aliphatic heterocycles. The number of aryl methyl sites for hydroxylation is 1. The fourth-order valence-electron chi connectivity index (χ4n) is 2.52. The Morgan fingerprint density at radius 2 is 2.10 bits per heavy atom. The van der Waals surface area contributed by atoms with E-state index in [-0.39, 0.29) is 5.56 Å². The van der Waals surface area contributed by atoms with Gasteiger partial charge in [-0.1, -0.05) is 23.7 Å². The van der Waals surface area contributed by atoms with E-state index in [2.05, 4.69) is 29.3 Å². The molecule has 0 spiro atoms. The van der Waals surface area contributed by atoms with Crippen molar-refractivity contribution < 1.29 is 9.13 Å². The molecule has 3 rings (SSSR count). The molecule has 30 heavy (non-hydrogen) atoms. The van der Waals surface area contributed by atoms with E-state index in [1.54, 1.807) is 24.5 Å². The van der Waals surface area contributed by atoms with Gasteiger partial charge in [0, 0.05) is 36.3 Å². The normalized spacial score (nSPS) is 11.1. The number of nitrogens with zero attached hydrogens (tertiary/aromatic N) is 4. The van der Waals surface area contributed by atoms with Crippen molar-refractivity contribution >= 4 is 35.2 Å². The van der Waals surface area contributed by atoms with Gasteiger partial charge in [0.1, 0.15) is 28.9 Å². The van der Waals surface area contributed by atoms with Gasteiger partial charge in [-0.25, -0.2) is 9.38 Å². The molecule has 0 unspecified atom stereocenters. The van der Waals surface area contributed by atoms with Crippen molar-refractivity contribution in [3.05, 3.63) is 58.4 Å². The average Bonchev–Trinajstić information content (AvgIpc) is 3.11. The molecule has 1 aromatic heterocycles. The van der Waals surface area contributed by atoms with E-state index < -0.39 is 5.82 Å². The van der Waals surface area contributed by atoms with Crippen molar-refractivity contribution in [1.82, 2.24) is 9.27 Å². The molecular formula is C22H20ClFN4OS. The van der Waals surface area contributed by atoms with Crippen molar-refractivity contribution in [2.75, 3.05) is 7.05 Å². The molecule has 1 heterocycles. The first kappa shape index (κ1) is 21.8. The molecule has 0 amide bonds. The highest BCUT2D eigenvalue weighted by Crippen LogP contribution is 2.40. The zero-order chi connectivity index (χ0) is 21.8. The highest BCUT2D eigenvalue weighted by atomic mass is 35.5. The molecule has 0 radical (unpaired) electrons. The van der Waals surface area contributed by atoms with E-state index in [4.69, 9.17) is 16.3 Å². The number of rotatable bonds is 6. The van der Waals surface area contributed by atoms with Gasteiger partial charge in [-0.15, -0.1) is 0 Å². The minimum Gasteiger partial charge on any atom is -0.443 e. The maximum atomic E-state index is 13.6. The lowest BCUT2D eigenvalue weighted by Gasteiger charge is -2.17. The number of halogens is 2. The summed E-state index contributed by atoms with van der Waals surface area (Å²) in [4.78, 5) is 6.41. The van der Waals surface area contributed by atoms with Gasteiger partial charge in [-0.05, 0) is 44.5 Å². The van der Waals surface area contributed by atoms with Gasteiger partial charge in [0.05, 0.1) is 17.0 Å². The molecule has 3 aromatic rings. The average molecular weight is 443 g/mol. The van der Waals surface area contributed by atoms with Crippen LogP contribution in [0.4, 0.5) is 10.1 Å². The summed E-state index contributed by atoms with van der Waals surface area (Å²) in [7, 11) is 1.94. The number of hydrogen-bond acceptors (Lipinski definition) is 5. The molecule has 5 nitrogen and oxygen atoms in total. The van der Waals surface area contributed by atoms with Crippen LogP contribution in [-0.4, -0.2) is 28.7 Å². The van der Waals surface area contributed by atoms with Crippen molar-refractivity contribution in [3.63, 3.8) is 0 Å². The summed E-state index contributed by atoms with van der Waals surface area (Å²) in [6, 6.07) is 11.9. The fraction of sp³-hybridized carbons (Fsp3) is 0.227. The molecule has 0 fully saturated rings. The lowest BCUT2D eigenvalue weighted by molar-refractivity contribution is 0.429. The first-order valence-corrected chi connectivity index (χ1v) is 10.3. The minimum absolute atomic E-state index is 0.252.